The molecule has 3 nitrogen and oxygen atoms in total. The van der Waals surface area contributed by atoms with Crippen LogP contribution >= 0.6 is 11.3 Å². The maximum absolute atomic E-state index is 5.73. The van der Waals surface area contributed by atoms with Crippen LogP contribution in [-0.2, 0) is 4.74 Å². The number of fused-ring (bicyclic) bond motifs is 1. The van der Waals surface area contributed by atoms with Crippen molar-refractivity contribution >= 4 is 22.4 Å². The van der Waals surface area contributed by atoms with Crippen molar-refractivity contribution in [2.45, 2.75) is 18.9 Å². The minimum atomic E-state index is 0.295. The van der Waals surface area contributed by atoms with E-state index in [-0.39, 0.29) is 0 Å². The molecule has 0 saturated carbocycles. The Morgan fingerprint density at radius 1 is 1.21 bits per heavy atom. The van der Waals surface area contributed by atoms with Crippen LogP contribution in [0.3, 0.4) is 0 Å². The van der Waals surface area contributed by atoms with E-state index in [0.717, 1.165) is 29.9 Å². The molecule has 0 amide bonds. The molecular weight excluding hydrogens is 256 g/mol. The van der Waals surface area contributed by atoms with E-state index in [0.29, 0.717) is 6.10 Å². The summed E-state index contributed by atoms with van der Waals surface area (Å²) in [7, 11) is 0. The maximum Gasteiger partial charge on any atom is 0.148 e. The minimum absolute atomic E-state index is 0.295. The number of aromatic nitrogens is 2. The highest BCUT2D eigenvalue weighted by Gasteiger charge is 2.20. The van der Waals surface area contributed by atoms with E-state index in [9.17, 15) is 0 Å². The molecule has 2 aromatic heterocycles. The highest BCUT2D eigenvalue weighted by molar-refractivity contribution is 7.15. The number of H-pyrrole nitrogens is 1. The molecule has 0 radical (unpaired) electrons. The first-order chi connectivity index (χ1) is 9.40. The van der Waals surface area contributed by atoms with Crippen molar-refractivity contribution < 1.29 is 4.74 Å². The number of imidazole rings is 1. The van der Waals surface area contributed by atoms with Crippen LogP contribution < -0.4 is 0 Å². The fraction of sp³-hybridized carbons (Fsp3) is 0.267. The average molecular weight is 270 g/mol. The third kappa shape index (κ3) is 1.97. The standard InChI is InChI=1S/C15H14N2OS/c1-2-5-11-10(4-1)16-15(17-11)14-8-7-13(19-14)12-6-3-9-18-12/h1-2,4-5,7-8,12H,3,6,9H2,(H,16,17). The monoisotopic (exact) mass is 270 g/mol. The predicted octanol–water partition coefficient (Wildman–Crippen LogP) is 4.14. The van der Waals surface area contributed by atoms with E-state index in [1.807, 2.05) is 18.2 Å². The SMILES string of the molecule is c1ccc2[nH]c(-c3ccc(C4CCCO4)s3)nc2c1. The number of aromatic amines is 1. The van der Waals surface area contributed by atoms with Crippen LogP contribution in [0.2, 0.25) is 0 Å². The molecule has 3 heterocycles. The second-order valence-corrected chi connectivity index (χ2v) is 5.92. The summed E-state index contributed by atoms with van der Waals surface area (Å²) in [6, 6.07) is 12.4. The zero-order chi connectivity index (χ0) is 12.7. The van der Waals surface area contributed by atoms with E-state index in [1.54, 1.807) is 11.3 Å². The van der Waals surface area contributed by atoms with Gasteiger partial charge in [-0.3, -0.25) is 0 Å². The van der Waals surface area contributed by atoms with Crippen LogP contribution in [0, 0.1) is 0 Å². The largest absolute Gasteiger partial charge is 0.373 e. The van der Waals surface area contributed by atoms with Crippen LogP contribution in [-0.4, -0.2) is 16.6 Å². The van der Waals surface area contributed by atoms with Crippen molar-refractivity contribution in [3.05, 3.63) is 41.3 Å². The number of thiophene rings is 1. The Bertz CT molecular complexity index is 677. The molecule has 1 unspecified atom stereocenters. The van der Waals surface area contributed by atoms with E-state index >= 15 is 0 Å². The molecule has 1 atom stereocenters. The number of nitrogens with one attached hydrogen (secondary N) is 1. The van der Waals surface area contributed by atoms with E-state index in [4.69, 9.17) is 4.74 Å². The summed E-state index contributed by atoms with van der Waals surface area (Å²) in [5.74, 6) is 0.954. The Hall–Kier alpha value is -1.65. The van der Waals surface area contributed by atoms with Crippen LogP contribution in [0.5, 0.6) is 0 Å². The summed E-state index contributed by atoms with van der Waals surface area (Å²) in [4.78, 5) is 10.5. The third-order valence-corrected chi connectivity index (χ3v) is 4.68. The van der Waals surface area contributed by atoms with Crippen molar-refractivity contribution in [3.8, 4) is 10.7 Å². The van der Waals surface area contributed by atoms with Crippen LogP contribution in [0.1, 0.15) is 23.8 Å². The molecule has 19 heavy (non-hydrogen) atoms. The predicted molar refractivity (Wildman–Crippen MR) is 77.3 cm³/mol. The number of nitrogens with zero attached hydrogens (tertiary/aromatic N) is 1. The maximum atomic E-state index is 5.73. The van der Waals surface area contributed by atoms with Crippen LogP contribution in [0.4, 0.5) is 0 Å². The van der Waals surface area contributed by atoms with Gasteiger partial charge in [0.2, 0.25) is 0 Å². The van der Waals surface area contributed by atoms with Gasteiger partial charge in [0.15, 0.2) is 0 Å². The van der Waals surface area contributed by atoms with E-state index in [2.05, 4.69) is 28.2 Å². The zero-order valence-electron chi connectivity index (χ0n) is 10.4. The first-order valence-corrected chi connectivity index (χ1v) is 7.38. The molecule has 0 aliphatic carbocycles. The zero-order valence-corrected chi connectivity index (χ0v) is 11.2. The quantitative estimate of drug-likeness (QED) is 0.760. The second kappa shape index (κ2) is 4.47. The highest BCUT2D eigenvalue weighted by atomic mass is 32.1. The number of hydrogen-bond donors (Lipinski definition) is 1. The smallest absolute Gasteiger partial charge is 0.148 e. The molecule has 96 valence electrons. The van der Waals surface area contributed by atoms with Gasteiger partial charge in [0.1, 0.15) is 5.82 Å². The first kappa shape index (κ1) is 11.2. The molecule has 0 bridgehead atoms. The summed E-state index contributed by atoms with van der Waals surface area (Å²) in [6.07, 6.45) is 2.60. The normalized spacial score (nSPS) is 19.3. The van der Waals surface area contributed by atoms with Crippen molar-refractivity contribution in [3.63, 3.8) is 0 Å². The van der Waals surface area contributed by atoms with Crippen molar-refractivity contribution in [2.75, 3.05) is 6.61 Å². The Balaban J connectivity index is 1.71. The molecule has 3 aromatic rings. The van der Waals surface area contributed by atoms with Gasteiger partial charge in [-0.05, 0) is 37.1 Å². The van der Waals surface area contributed by atoms with E-state index < -0.39 is 0 Å². The molecule has 4 rings (SSSR count). The lowest BCUT2D eigenvalue weighted by atomic mass is 10.2. The number of benzene rings is 1. The van der Waals surface area contributed by atoms with Gasteiger partial charge < -0.3 is 9.72 Å². The number of hydrogen-bond acceptors (Lipinski definition) is 3. The van der Waals surface area contributed by atoms with Gasteiger partial charge in [0.05, 0.1) is 22.0 Å². The molecule has 1 aromatic carbocycles. The minimum Gasteiger partial charge on any atom is -0.373 e. The molecule has 1 aliphatic heterocycles. The number of rotatable bonds is 2. The topological polar surface area (TPSA) is 37.9 Å². The van der Waals surface area contributed by atoms with Gasteiger partial charge >= 0.3 is 0 Å². The van der Waals surface area contributed by atoms with Gasteiger partial charge in [0.25, 0.3) is 0 Å². The average Bonchev–Trinajstić information content (AvgIpc) is 3.17. The lowest BCUT2D eigenvalue weighted by Gasteiger charge is -2.04. The summed E-state index contributed by atoms with van der Waals surface area (Å²) >= 11 is 1.78. The first-order valence-electron chi connectivity index (χ1n) is 6.56. The number of ether oxygens (including phenoxy) is 1. The molecule has 0 spiro atoms. The van der Waals surface area contributed by atoms with Crippen LogP contribution in [0.15, 0.2) is 36.4 Å². The molecule has 1 saturated heterocycles. The lowest BCUT2D eigenvalue weighted by Crippen LogP contribution is -1.90. The van der Waals surface area contributed by atoms with Crippen molar-refractivity contribution in [2.24, 2.45) is 0 Å². The summed E-state index contributed by atoms with van der Waals surface area (Å²) < 4.78 is 5.73. The lowest BCUT2D eigenvalue weighted by molar-refractivity contribution is 0.114. The summed E-state index contributed by atoms with van der Waals surface area (Å²) in [5.41, 5.74) is 2.11. The Labute approximate surface area is 115 Å². The van der Waals surface area contributed by atoms with Gasteiger partial charge in [-0.2, -0.15) is 0 Å². The molecule has 1 N–H and O–H groups in total. The fourth-order valence-corrected chi connectivity index (χ4v) is 3.56. The van der Waals surface area contributed by atoms with Crippen molar-refractivity contribution in [1.29, 1.82) is 0 Å². The highest BCUT2D eigenvalue weighted by Crippen LogP contribution is 2.36. The van der Waals surface area contributed by atoms with E-state index in [1.165, 1.54) is 16.2 Å². The number of para-hydroxylation sites is 2. The molecular formula is C15H14N2OS. The second-order valence-electron chi connectivity index (χ2n) is 4.81. The summed E-state index contributed by atoms with van der Waals surface area (Å²) in [5, 5.41) is 0. The Morgan fingerprint density at radius 2 is 2.16 bits per heavy atom. The molecule has 1 aliphatic rings. The third-order valence-electron chi connectivity index (χ3n) is 3.50. The summed E-state index contributed by atoms with van der Waals surface area (Å²) in [6.45, 7) is 0.891. The Kier molecular flexibility index (Phi) is 2.64. The fourth-order valence-electron chi connectivity index (χ4n) is 2.52. The van der Waals surface area contributed by atoms with Crippen LogP contribution in [0.25, 0.3) is 21.7 Å². The van der Waals surface area contributed by atoms with Gasteiger partial charge in [-0.1, -0.05) is 12.1 Å². The van der Waals surface area contributed by atoms with Crippen molar-refractivity contribution in [1.82, 2.24) is 9.97 Å². The molecule has 4 heteroatoms. The van der Waals surface area contributed by atoms with Gasteiger partial charge in [-0.15, -0.1) is 11.3 Å². The van der Waals surface area contributed by atoms with Gasteiger partial charge in [-0.25, -0.2) is 4.98 Å². The molecule has 1 fully saturated rings. The Morgan fingerprint density at radius 3 is 3.00 bits per heavy atom. The van der Waals surface area contributed by atoms with Gasteiger partial charge in [0, 0.05) is 11.5 Å².